The number of nitrogens with zero attached hydrogens (tertiary/aromatic N) is 1. The average molecular weight is 300 g/mol. The van der Waals surface area contributed by atoms with Crippen molar-refractivity contribution in [3.63, 3.8) is 0 Å². The lowest BCUT2D eigenvalue weighted by atomic mass is 10.2. The van der Waals surface area contributed by atoms with Crippen LogP contribution in [-0.4, -0.2) is 10.9 Å². The van der Waals surface area contributed by atoms with E-state index in [1.165, 1.54) is 6.07 Å². The van der Waals surface area contributed by atoms with E-state index in [2.05, 4.69) is 10.3 Å². The van der Waals surface area contributed by atoms with Gasteiger partial charge in [-0.15, -0.1) is 11.3 Å². The van der Waals surface area contributed by atoms with Crippen LogP contribution >= 0.6 is 11.3 Å². The second-order valence-electron chi connectivity index (χ2n) is 4.60. The van der Waals surface area contributed by atoms with Gasteiger partial charge in [-0.3, -0.25) is 4.79 Å². The number of carbonyl (C=O) groups is 1. The molecule has 0 atom stereocenters. The molecule has 0 bridgehead atoms. The van der Waals surface area contributed by atoms with E-state index in [-0.39, 0.29) is 18.0 Å². The largest absolute Gasteiger partial charge is 0.324 e. The summed E-state index contributed by atoms with van der Waals surface area (Å²) in [6, 6.07) is 14.0. The molecule has 2 aromatic carbocycles. The van der Waals surface area contributed by atoms with Gasteiger partial charge in [0.2, 0.25) is 5.91 Å². The van der Waals surface area contributed by atoms with E-state index in [1.807, 2.05) is 24.3 Å². The molecule has 0 aliphatic rings. The lowest BCUT2D eigenvalue weighted by Gasteiger charge is -2.05. The van der Waals surface area contributed by atoms with Crippen LogP contribution in [0.25, 0.3) is 10.2 Å². The SMILES string of the molecule is O=C(CCc1nc2ccccc2s1)Nc1ccccc1F. The second-order valence-corrected chi connectivity index (χ2v) is 5.72. The Balaban J connectivity index is 1.62. The number of aromatic nitrogens is 1. The molecule has 1 amide bonds. The van der Waals surface area contributed by atoms with E-state index in [0.29, 0.717) is 6.42 Å². The molecule has 0 fully saturated rings. The molecule has 21 heavy (non-hydrogen) atoms. The predicted octanol–water partition coefficient (Wildman–Crippen LogP) is 4.01. The van der Waals surface area contributed by atoms with Crippen molar-refractivity contribution in [2.75, 3.05) is 5.32 Å². The number of benzene rings is 2. The number of hydrogen-bond donors (Lipinski definition) is 1. The Morgan fingerprint density at radius 1 is 1.14 bits per heavy atom. The van der Waals surface area contributed by atoms with Crippen LogP contribution in [0.3, 0.4) is 0 Å². The summed E-state index contributed by atoms with van der Waals surface area (Å²) in [5.41, 5.74) is 1.17. The lowest BCUT2D eigenvalue weighted by molar-refractivity contribution is -0.116. The van der Waals surface area contributed by atoms with Crippen molar-refractivity contribution in [1.82, 2.24) is 4.98 Å². The Labute approximate surface area is 125 Å². The van der Waals surface area contributed by atoms with E-state index in [0.717, 1.165) is 15.2 Å². The Bertz CT molecular complexity index is 752. The highest BCUT2D eigenvalue weighted by atomic mass is 32.1. The monoisotopic (exact) mass is 300 g/mol. The van der Waals surface area contributed by atoms with Crippen LogP contribution in [-0.2, 0) is 11.2 Å². The summed E-state index contributed by atoms with van der Waals surface area (Å²) >= 11 is 1.58. The molecule has 0 spiro atoms. The van der Waals surface area contributed by atoms with Gasteiger partial charge in [0.15, 0.2) is 0 Å². The van der Waals surface area contributed by atoms with Crippen LogP contribution in [0.5, 0.6) is 0 Å². The molecule has 0 saturated carbocycles. The zero-order chi connectivity index (χ0) is 14.7. The highest BCUT2D eigenvalue weighted by Crippen LogP contribution is 2.22. The van der Waals surface area contributed by atoms with Crippen molar-refractivity contribution in [3.05, 3.63) is 59.4 Å². The Morgan fingerprint density at radius 3 is 2.71 bits per heavy atom. The number of aryl methyl sites for hydroxylation is 1. The normalized spacial score (nSPS) is 10.7. The van der Waals surface area contributed by atoms with Gasteiger partial charge in [-0.05, 0) is 24.3 Å². The number of fused-ring (bicyclic) bond motifs is 1. The molecular formula is C16H13FN2OS. The van der Waals surface area contributed by atoms with Gasteiger partial charge < -0.3 is 5.32 Å². The van der Waals surface area contributed by atoms with Crippen molar-refractivity contribution < 1.29 is 9.18 Å². The molecule has 106 valence electrons. The lowest BCUT2D eigenvalue weighted by Crippen LogP contribution is -2.13. The number of halogens is 1. The van der Waals surface area contributed by atoms with Crippen LogP contribution in [0.2, 0.25) is 0 Å². The maximum atomic E-state index is 13.4. The highest BCUT2D eigenvalue weighted by Gasteiger charge is 2.09. The molecule has 0 aliphatic heterocycles. The highest BCUT2D eigenvalue weighted by molar-refractivity contribution is 7.18. The molecular weight excluding hydrogens is 287 g/mol. The van der Waals surface area contributed by atoms with Gasteiger partial charge in [0.1, 0.15) is 5.82 Å². The molecule has 0 radical (unpaired) electrons. The summed E-state index contributed by atoms with van der Waals surface area (Å²) in [4.78, 5) is 16.3. The minimum absolute atomic E-state index is 0.209. The first kappa shape index (κ1) is 13.7. The minimum Gasteiger partial charge on any atom is -0.324 e. The Morgan fingerprint density at radius 2 is 1.90 bits per heavy atom. The third kappa shape index (κ3) is 3.25. The van der Waals surface area contributed by atoms with Crippen molar-refractivity contribution in [1.29, 1.82) is 0 Å². The number of amides is 1. The van der Waals surface area contributed by atoms with E-state index < -0.39 is 5.82 Å². The zero-order valence-corrected chi connectivity index (χ0v) is 12.0. The fourth-order valence-corrected chi connectivity index (χ4v) is 2.99. The number of hydrogen-bond acceptors (Lipinski definition) is 3. The van der Waals surface area contributed by atoms with Gasteiger partial charge in [-0.25, -0.2) is 9.37 Å². The number of anilines is 1. The molecule has 1 heterocycles. The summed E-state index contributed by atoms with van der Waals surface area (Å²) in [7, 11) is 0. The first-order valence-corrected chi connectivity index (χ1v) is 7.43. The number of para-hydroxylation sites is 2. The maximum Gasteiger partial charge on any atom is 0.224 e. The molecule has 0 unspecified atom stereocenters. The Hall–Kier alpha value is -2.27. The zero-order valence-electron chi connectivity index (χ0n) is 11.2. The van der Waals surface area contributed by atoms with Crippen molar-refractivity contribution in [2.24, 2.45) is 0 Å². The Kier molecular flexibility index (Phi) is 3.92. The molecule has 1 aromatic heterocycles. The van der Waals surface area contributed by atoms with Crippen LogP contribution < -0.4 is 5.32 Å². The summed E-state index contributed by atoms with van der Waals surface area (Å²) in [5, 5.41) is 3.49. The first-order chi connectivity index (χ1) is 10.2. The van der Waals surface area contributed by atoms with Crippen LogP contribution in [0, 0.1) is 5.82 Å². The van der Waals surface area contributed by atoms with Crippen LogP contribution in [0.15, 0.2) is 48.5 Å². The third-order valence-corrected chi connectivity index (χ3v) is 4.15. The van der Waals surface area contributed by atoms with Gasteiger partial charge in [-0.1, -0.05) is 24.3 Å². The van der Waals surface area contributed by atoms with E-state index in [9.17, 15) is 9.18 Å². The van der Waals surface area contributed by atoms with Crippen LogP contribution in [0.4, 0.5) is 10.1 Å². The van der Waals surface area contributed by atoms with Gasteiger partial charge in [-0.2, -0.15) is 0 Å². The average Bonchev–Trinajstić information content (AvgIpc) is 2.90. The molecule has 3 aromatic rings. The first-order valence-electron chi connectivity index (χ1n) is 6.61. The molecule has 1 N–H and O–H groups in total. The number of rotatable bonds is 4. The summed E-state index contributed by atoms with van der Waals surface area (Å²) in [5.74, 6) is -0.634. The van der Waals surface area contributed by atoms with E-state index >= 15 is 0 Å². The quantitative estimate of drug-likeness (QED) is 0.791. The number of thiazole rings is 1. The topological polar surface area (TPSA) is 42.0 Å². The van der Waals surface area contributed by atoms with Crippen molar-refractivity contribution in [3.8, 4) is 0 Å². The number of carbonyl (C=O) groups excluding carboxylic acids is 1. The standard InChI is InChI=1S/C16H13FN2OS/c17-11-5-1-2-6-12(11)18-15(20)9-10-16-19-13-7-3-4-8-14(13)21-16/h1-8H,9-10H2,(H,18,20). The third-order valence-electron chi connectivity index (χ3n) is 3.05. The van der Waals surface area contributed by atoms with E-state index in [1.54, 1.807) is 29.5 Å². The fraction of sp³-hybridized carbons (Fsp3) is 0.125. The van der Waals surface area contributed by atoms with Crippen molar-refractivity contribution >= 4 is 33.1 Å². The van der Waals surface area contributed by atoms with Crippen LogP contribution in [0.1, 0.15) is 11.4 Å². The fourth-order valence-electron chi connectivity index (χ4n) is 2.02. The second kappa shape index (κ2) is 6.01. The molecule has 3 rings (SSSR count). The van der Waals surface area contributed by atoms with E-state index in [4.69, 9.17) is 0 Å². The smallest absolute Gasteiger partial charge is 0.224 e. The van der Waals surface area contributed by atoms with Gasteiger partial charge in [0.25, 0.3) is 0 Å². The summed E-state index contributed by atoms with van der Waals surface area (Å²) in [6.45, 7) is 0. The molecule has 0 aliphatic carbocycles. The van der Waals surface area contributed by atoms with Gasteiger partial charge >= 0.3 is 0 Å². The summed E-state index contributed by atoms with van der Waals surface area (Å²) in [6.07, 6.45) is 0.841. The van der Waals surface area contributed by atoms with Gasteiger partial charge in [0, 0.05) is 12.8 Å². The minimum atomic E-state index is -0.425. The molecule has 3 nitrogen and oxygen atoms in total. The molecule has 0 saturated heterocycles. The summed E-state index contributed by atoms with van der Waals surface area (Å²) < 4.78 is 14.5. The predicted molar refractivity (Wildman–Crippen MR) is 83.0 cm³/mol. The van der Waals surface area contributed by atoms with Crippen molar-refractivity contribution in [2.45, 2.75) is 12.8 Å². The van der Waals surface area contributed by atoms with Gasteiger partial charge in [0.05, 0.1) is 20.9 Å². The maximum absolute atomic E-state index is 13.4. The molecule has 5 heteroatoms. The number of nitrogens with one attached hydrogen (secondary N) is 1.